The molecule has 3 aromatic rings. The molecule has 0 saturated carbocycles. The van der Waals surface area contributed by atoms with Crippen molar-refractivity contribution < 1.29 is 9.90 Å². The van der Waals surface area contributed by atoms with Gasteiger partial charge in [-0.05, 0) is 86.4 Å². The fourth-order valence-corrected chi connectivity index (χ4v) is 6.77. The van der Waals surface area contributed by atoms with Crippen LogP contribution in [0.3, 0.4) is 0 Å². The molecule has 5 rings (SSSR count). The van der Waals surface area contributed by atoms with Gasteiger partial charge >= 0.3 is 0 Å². The van der Waals surface area contributed by atoms with Gasteiger partial charge in [-0.25, -0.2) is 4.98 Å². The Morgan fingerprint density at radius 3 is 2.59 bits per heavy atom. The highest BCUT2D eigenvalue weighted by Gasteiger charge is 2.41. The van der Waals surface area contributed by atoms with Gasteiger partial charge in [0.2, 0.25) is 5.91 Å². The number of carbonyl (C=O) groups is 1. The number of nitrogen functional groups attached to an aromatic ring is 1. The third-order valence-electron chi connectivity index (χ3n) is 8.83. The summed E-state index contributed by atoms with van der Waals surface area (Å²) in [7, 11) is 0. The van der Waals surface area contributed by atoms with E-state index in [9.17, 15) is 9.90 Å². The number of amides is 1. The van der Waals surface area contributed by atoms with E-state index in [1.165, 1.54) is 17.2 Å². The van der Waals surface area contributed by atoms with Gasteiger partial charge in [-0.3, -0.25) is 15.1 Å². The fourth-order valence-electron chi connectivity index (χ4n) is 6.50. The summed E-state index contributed by atoms with van der Waals surface area (Å²) in [5, 5.41) is 19.0. The Hall–Kier alpha value is -3.26. The van der Waals surface area contributed by atoms with Gasteiger partial charge in [-0.2, -0.15) is 0 Å². The molecule has 8 heteroatoms. The maximum atomic E-state index is 11.5. The van der Waals surface area contributed by atoms with Gasteiger partial charge < -0.3 is 16.6 Å². The summed E-state index contributed by atoms with van der Waals surface area (Å²) < 4.78 is 0. The van der Waals surface area contributed by atoms with Crippen molar-refractivity contribution in [2.24, 2.45) is 5.73 Å². The lowest BCUT2D eigenvalue weighted by atomic mass is 9.84. The van der Waals surface area contributed by atoms with E-state index in [-0.39, 0.29) is 40.3 Å². The molecule has 39 heavy (non-hydrogen) atoms. The molecule has 2 atom stereocenters. The number of primary amides is 1. The minimum Gasteiger partial charge on any atom is -0.395 e. The van der Waals surface area contributed by atoms with Crippen molar-refractivity contribution in [3.8, 4) is 11.1 Å². The number of hydrogen-bond donors (Lipinski definition) is 4. The third-order valence-corrected chi connectivity index (χ3v) is 9.14. The summed E-state index contributed by atoms with van der Waals surface area (Å²) in [4.78, 5) is 18.5. The largest absolute Gasteiger partial charge is 0.395 e. The Kier molecular flexibility index (Phi) is 7.76. The van der Waals surface area contributed by atoms with Crippen LogP contribution in [0.15, 0.2) is 48.7 Å². The van der Waals surface area contributed by atoms with Crippen molar-refractivity contribution >= 4 is 29.0 Å². The minimum absolute atomic E-state index is 0.124. The second kappa shape index (κ2) is 11.1. The number of halogens is 1. The third kappa shape index (κ3) is 5.19. The Balaban J connectivity index is 1.42. The molecule has 1 aliphatic heterocycles. The first-order valence-corrected chi connectivity index (χ1v) is 14.1. The second-order valence-corrected chi connectivity index (χ2v) is 11.2. The molecular weight excluding hydrogens is 510 g/mol. The number of anilines is 1. The number of hydrogen-bond acceptors (Lipinski definition) is 6. The van der Waals surface area contributed by atoms with Crippen molar-refractivity contribution in [1.82, 2.24) is 9.88 Å². The first kappa shape index (κ1) is 27.3. The molecule has 2 heterocycles. The number of carbonyl (C=O) groups excluding carboxylic acids is 1. The van der Waals surface area contributed by atoms with E-state index in [4.69, 9.17) is 28.5 Å². The molecule has 0 bridgehead atoms. The summed E-state index contributed by atoms with van der Waals surface area (Å²) in [6.07, 6.45) is 9.27. The number of rotatable bonds is 7. The Bertz CT molecular complexity index is 1420. The second-order valence-electron chi connectivity index (χ2n) is 10.8. The van der Waals surface area contributed by atoms with Crippen LogP contribution in [-0.4, -0.2) is 51.3 Å². The van der Waals surface area contributed by atoms with Crippen LogP contribution < -0.4 is 11.5 Å². The molecule has 2 unspecified atom stereocenters. The van der Waals surface area contributed by atoms with Crippen molar-refractivity contribution in [3.63, 3.8) is 0 Å². The number of fused-ring (bicyclic) bond motifs is 1. The van der Waals surface area contributed by atoms with Gasteiger partial charge in [0.25, 0.3) is 0 Å². The van der Waals surface area contributed by atoms with Gasteiger partial charge in [0, 0.05) is 34.5 Å². The van der Waals surface area contributed by atoms with Crippen LogP contribution in [0.5, 0.6) is 0 Å². The quantitative estimate of drug-likeness (QED) is 0.246. The first-order chi connectivity index (χ1) is 18.8. The standard InChI is InChI=1S/C31H36ClN5O2/c1-2-31(37-13-3-4-24(37)18-38)11-9-19-5-6-20(14-21(19)10-12-31)23-15-26(29(34)36-17-23)28(33)22-7-8-25(30(35)39)27(32)16-22/h5-8,14-17,24,33,38H,2-4,9-13,18H2,1H3,(H2,34,36)(H2,35,39). The molecule has 1 amide bonds. The van der Waals surface area contributed by atoms with Gasteiger partial charge in [0.15, 0.2) is 0 Å². The predicted molar refractivity (Wildman–Crippen MR) is 156 cm³/mol. The summed E-state index contributed by atoms with van der Waals surface area (Å²) >= 11 is 6.23. The zero-order valence-electron chi connectivity index (χ0n) is 22.3. The van der Waals surface area contributed by atoms with Gasteiger partial charge in [-0.1, -0.05) is 42.8 Å². The fraction of sp³-hybridized carbons (Fsp3) is 0.387. The van der Waals surface area contributed by atoms with E-state index in [0.717, 1.165) is 62.6 Å². The molecule has 1 aromatic heterocycles. The zero-order chi connectivity index (χ0) is 27.7. The van der Waals surface area contributed by atoms with Crippen molar-refractivity contribution in [2.75, 3.05) is 18.9 Å². The first-order valence-electron chi connectivity index (χ1n) is 13.7. The number of nitrogens with two attached hydrogens (primary N) is 2. The molecule has 0 spiro atoms. The number of aromatic nitrogens is 1. The van der Waals surface area contributed by atoms with Crippen LogP contribution in [0.4, 0.5) is 5.82 Å². The highest BCUT2D eigenvalue weighted by Crippen LogP contribution is 2.40. The maximum Gasteiger partial charge on any atom is 0.250 e. The number of aliphatic hydroxyl groups is 1. The summed E-state index contributed by atoms with van der Waals surface area (Å²) in [5.74, 6) is -0.361. The number of likely N-dealkylation sites (tertiary alicyclic amines) is 1. The molecule has 7 nitrogen and oxygen atoms in total. The molecular formula is C31H36ClN5O2. The highest BCUT2D eigenvalue weighted by atomic mass is 35.5. The lowest BCUT2D eigenvalue weighted by molar-refractivity contribution is 0.0310. The highest BCUT2D eigenvalue weighted by molar-refractivity contribution is 6.34. The van der Waals surface area contributed by atoms with E-state index in [2.05, 4.69) is 35.0 Å². The van der Waals surface area contributed by atoms with E-state index in [1.807, 2.05) is 6.07 Å². The smallest absolute Gasteiger partial charge is 0.250 e. The van der Waals surface area contributed by atoms with Gasteiger partial charge in [0.05, 0.1) is 22.9 Å². The number of benzene rings is 2. The van der Waals surface area contributed by atoms with E-state index >= 15 is 0 Å². The summed E-state index contributed by atoms with van der Waals surface area (Å²) in [5.41, 5.74) is 17.8. The van der Waals surface area contributed by atoms with Crippen LogP contribution in [-0.2, 0) is 12.8 Å². The van der Waals surface area contributed by atoms with Crippen molar-refractivity contribution in [2.45, 2.75) is 63.5 Å². The SMILES string of the molecule is CCC1(N2CCCC2CO)CCc2ccc(-c3cnc(N)c(C(=N)c4ccc(C(N)=O)c(Cl)c4)c3)cc2CC1. The molecule has 1 aliphatic carbocycles. The lowest BCUT2D eigenvalue weighted by Gasteiger charge is -2.44. The van der Waals surface area contributed by atoms with E-state index in [1.54, 1.807) is 18.3 Å². The molecule has 1 fully saturated rings. The van der Waals surface area contributed by atoms with Crippen LogP contribution >= 0.6 is 11.6 Å². The number of pyridine rings is 1. The molecule has 6 N–H and O–H groups in total. The number of aliphatic hydroxyl groups excluding tert-OH is 1. The van der Waals surface area contributed by atoms with E-state index < -0.39 is 5.91 Å². The maximum absolute atomic E-state index is 11.5. The molecule has 2 aromatic carbocycles. The van der Waals surface area contributed by atoms with Crippen molar-refractivity contribution in [1.29, 1.82) is 5.41 Å². The zero-order valence-corrected chi connectivity index (χ0v) is 23.1. The normalized spacial score (nSPS) is 21.4. The number of aryl methyl sites for hydroxylation is 2. The van der Waals surface area contributed by atoms with Crippen LogP contribution in [0.1, 0.15) is 71.6 Å². The van der Waals surface area contributed by atoms with E-state index in [0.29, 0.717) is 11.1 Å². The molecule has 204 valence electrons. The summed E-state index contributed by atoms with van der Waals surface area (Å²) in [6, 6.07) is 13.5. The predicted octanol–water partition coefficient (Wildman–Crippen LogP) is 4.98. The average molecular weight is 546 g/mol. The van der Waals surface area contributed by atoms with Crippen LogP contribution in [0.2, 0.25) is 5.02 Å². The Labute approximate surface area is 234 Å². The Morgan fingerprint density at radius 1 is 1.13 bits per heavy atom. The number of nitrogens with zero attached hydrogens (tertiary/aromatic N) is 2. The molecule has 2 aliphatic rings. The van der Waals surface area contributed by atoms with Gasteiger partial charge in [0.1, 0.15) is 5.82 Å². The van der Waals surface area contributed by atoms with Crippen molar-refractivity contribution in [3.05, 3.63) is 81.5 Å². The number of nitrogens with one attached hydrogen (secondary N) is 1. The van der Waals surface area contributed by atoms with Crippen LogP contribution in [0, 0.1) is 5.41 Å². The molecule has 0 radical (unpaired) electrons. The molecule has 1 saturated heterocycles. The Morgan fingerprint density at radius 2 is 1.90 bits per heavy atom. The van der Waals surface area contributed by atoms with Crippen LogP contribution in [0.25, 0.3) is 11.1 Å². The topological polar surface area (TPSA) is 129 Å². The average Bonchev–Trinajstić information content (AvgIpc) is 3.35. The summed E-state index contributed by atoms with van der Waals surface area (Å²) in [6.45, 7) is 3.60. The lowest BCUT2D eigenvalue weighted by Crippen LogP contribution is -2.52. The monoisotopic (exact) mass is 545 g/mol. The minimum atomic E-state index is -0.616. The van der Waals surface area contributed by atoms with Gasteiger partial charge in [-0.15, -0.1) is 0 Å².